The van der Waals surface area contributed by atoms with Gasteiger partial charge in [-0.2, -0.15) is 0 Å². The van der Waals surface area contributed by atoms with Gasteiger partial charge in [0, 0.05) is 25.6 Å². The van der Waals surface area contributed by atoms with Gasteiger partial charge in [0.25, 0.3) is 5.91 Å². The largest absolute Gasteiger partial charge is 0.378 e. The molecule has 34 heavy (non-hydrogen) atoms. The van der Waals surface area contributed by atoms with Crippen molar-refractivity contribution in [3.8, 4) is 0 Å². The molecule has 1 N–H and O–H groups in total. The standard InChI is InChI=1S/C28H31N3O3/c32-27(29-26-11-4-3-10-25(26)28(33)31-16-18-34-19-17-31)22-12-14-30(15-13-22)20-23-8-5-7-21-6-1-2-9-24(21)23/h1-11,22H,12-20H2,(H,29,32). The molecule has 0 aliphatic carbocycles. The number of amides is 2. The number of anilines is 1. The van der Waals surface area contributed by atoms with E-state index in [2.05, 4.69) is 52.7 Å². The van der Waals surface area contributed by atoms with Gasteiger partial charge in [0.05, 0.1) is 24.5 Å². The molecule has 6 nitrogen and oxygen atoms in total. The van der Waals surface area contributed by atoms with Gasteiger partial charge in [0.1, 0.15) is 0 Å². The third-order valence-electron chi connectivity index (χ3n) is 6.95. The average molecular weight is 458 g/mol. The number of ether oxygens (including phenoxy) is 1. The molecule has 0 atom stereocenters. The number of benzene rings is 3. The van der Waals surface area contributed by atoms with E-state index in [9.17, 15) is 9.59 Å². The van der Waals surface area contributed by atoms with Crippen LogP contribution in [0.4, 0.5) is 5.69 Å². The van der Waals surface area contributed by atoms with Gasteiger partial charge in [-0.15, -0.1) is 0 Å². The van der Waals surface area contributed by atoms with Crippen molar-refractivity contribution < 1.29 is 14.3 Å². The van der Waals surface area contributed by atoms with Crippen LogP contribution in [0.3, 0.4) is 0 Å². The number of morpholine rings is 1. The van der Waals surface area contributed by atoms with Crippen LogP contribution in [0.2, 0.25) is 0 Å². The molecule has 5 rings (SSSR count). The number of fused-ring (bicyclic) bond motifs is 1. The van der Waals surface area contributed by atoms with E-state index in [1.807, 2.05) is 18.2 Å². The summed E-state index contributed by atoms with van der Waals surface area (Å²) in [6.45, 7) is 4.93. The fourth-order valence-corrected chi connectivity index (χ4v) is 4.97. The maximum atomic E-state index is 13.1. The van der Waals surface area contributed by atoms with Gasteiger partial charge >= 0.3 is 0 Å². The second-order valence-electron chi connectivity index (χ2n) is 9.13. The van der Waals surface area contributed by atoms with E-state index in [1.165, 1.54) is 16.3 Å². The van der Waals surface area contributed by atoms with Crippen molar-refractivity contribution >= 4 is 28.3 Å². The zero-order valence-corrected chi connectivity index (χ0v) is 19.4. The molecule has 3 aromatic carbocycles. The van der Waals surface area contributed by atoms with Gasteiger partial charge in [0.2, 0.25) is 5.91 Å². The Bertz CT molecular complexity index is 1160. The molecule has 2 aliphatic heterocycles. The number of likely N-dealkylation sites (tertiary alicyclic amines) is 1. The highest BCUT2D eigenvalue weighted by molar-refractivity contribution is 6.04. The molecule has 0 spiro atoms. The molecule has 0 aromatic heterocycles. The fourth-order valence-electron chi connectivity index (χ4n) is 4.97. The van der Waals surface area contributed by atoms with E-state index in [0.717, 1.165) is 32.5 Å². The first-order valence-electron chi connectivity index (χ1n) is 12.1. The zero-order valence-electron chi connectivity index (χ0n) is 19.4. The lowest BCUT2D eigenvalue weighted by atomic mass is 9.94. The molecule has 2 fully saturated rings. The lowest BCUT2D eigenvalue weighted by Gasteiger charge is -2.32. The van der Waals surface area contributed by atoms with Crippen molar-refractivity contribution in [3.63, 3.8) is 0 Å². The van der Waals surface area contributed by atoms with Crippen LogP contribution in [0.25, 0.3) is 10.8 Å². The van der Waals surface area contributed by atoms with Gasteiger partial charge in [-0.3, -0.25) is 14.5 Å². The summed E-state index contributed by atoms with van der Waals surface area (Å²) in [6.07, 6.45) is 1.63. The van der Waals surface area contributed by atoms with E-state index < -0.39 is 0 Å². The Morgan fingerprint density at radius 1 is 0.853 bits per heavy atom. The first-order chi connectivity index (χ1) is 16.7. The summed E-state index contributed by atoms with van der Waals surface area (Å²) < 4.78 is 5.36. The van der Waals surface area contributed by atoms with Crippen LogP contribution in [0, 0.1) is 5.92 Å². The molecule has 6 heteroatoms. The van der Waals surface area contributed by atoms with Gasteiger partial charge in [-0.05, 0) is 54.4 Å². The Hall–Kier alpha value is -3.22. The van der Waals surface area contributed by atoms with Gasteiger partial charge in [0.15, 0.2) is 0 Å². The van der Waals surface area contributed by atoms with E-state index in [0.29, 0.717) is 37.6 Å². The van der Waals surface area contributed by atoms with Crippen LogP contribution in [0.1, 0.15) is 28.8 Å². The molecule has 0 bridgehead atoms. The minimum atomic E-state index is -0.0518. The van der Waals surface area contributed by atoms with Crippen LogP contribution in [-0.2, 0) is 16.1 Å². The topological polar surface area (TPSA) is 61.9 Å². The van der Waals surface area contributed by atoms with Crippen molar-refractivity contribution in [1.82, 2.24) is 9.80 Å². The van der Waals surface area contributed by atoms with Crippen molar-refractivity contribution in [2.75, 3.05) is 44.7 Å². The third-order valence-corrected chi connectivity index (χ3v) is 6.95. The molecule has 2 aliphatic rings. The molecule has 0 radical (unpaired) electrons. The summed E-state index contributed by atoms with van der Waals surface area (Å²) in [5.41, 5.74) is 2.48. The number of para-hydroxylation sites is 1. The number of nitrogens with zero attached hydrogens (tertiary/aromatic N) is 2. The summed E-state index contributed by atoms with van der Waals surface area (Å²) >= 11 is 0. The Kier molecular flexibility index (Phi) is 6.88. The average Bonchev–Trinajstić information content (AvgIpc) is 2.90. The maximum absolute atomic E-state index is 13.1. The molecule has 0 saturated carbocycles. The van der Waals surface area contributed by atoms with Crippen molar-refractivity contribution in [2.45, 2.75) is 19.4 Å². The highest BCUT2D eigenvalue weighted by atomic mass is 16.5. The molecule has 2 heterocycles. The Balaban J connectivity index is 1.19. The second kappa shape index (κ2) is 10.4. The molecule has 176 valence electrons. The van der Waals surface area contributed by atoms with Gasteiger partial charge in [-0.25, -0.2) is 0 Å². The highest BCUT2D eigenvalue weighted by Crippen LogP contribution is 2.25. The summed E-state index contributed by atoms with van der Waals surface area (Å²) in [4.78, 5) is 30.3. The lowest BCUT2D eigenvalue weighted by molar-refractivity contribution is -0.121. The SMILES string of the molecule is O=C(Nc1ccccc1C(=O)N1CCOCC1)C1CCN(Cc2cccc3ccccc23)CC1. The van der Waals surface area contributed by atoms with E-state index in [4.69, 9.17) is 4.74 Å². The molecule has 3 aromatic rings. The second-order valence-corrected chi connectivity index (χ2v) is 9.13. The monoisotopic (exact) mass is 457 g/mol. The number of carbonyl (C=O) groups excluding carboxylic acids is 2. The smallest absolute Gasteiger partial charge is 0.256 e. The molecule has 2 saturated heterocycles. The van der Waals surface area contributed by atoms with E-state index >= 15 is 0 Å². The van der Waals surface area contributed by atoms with Crippen LogP contribution in [0.5, 0.6) is 0 Å². The molecule has 0 unspecified atom stereocenters. The number of hydrogen-bond donors (Lipinski definition) is 1. The Morgan fingerprint density at radius 2 is 1.56 bits per heavy atom. The molecular formula is C28H31N3O3. The normalized spacial score (nSPS) is 17.6. The predicted octanol–water partition coefficient (Wildman–Crippen LogP) is 4.16. The van der Waals surface area contributed by atoms with Crippen LogP contribution in [0.15, 0.2) is 66.7 Å². The summed E-state index contributed by atoms with van der Waals surface area (Å²) in [7, 11) is 0. The number of nitrogens with one attached hydrogen (secondary N) is 1. The van der Waals surface area contributed by atoms with Crippen molar-refractivity contribution in [1.29, 1.82) is 0 Å². The van der Waals surface area contributed by atoms with Crippen LogP contribution < -0.4 is 5.32 Å². The fraction of sp³-hybridized carbons (Fsp3) is 0.357. The number of carbonyl (C=O) groups is 2. The molecular weight excluding hydrogens is 426 g/mol. The van der Waals surface area contributed by atoms with E-state index in [-0.39, 0.29) is 17.7 Å². The van der Waals surface area contributed by atoms with Gasteiger partial charge in [-0.1, -0.05) is 54.6 Å². The first kappa shape index (κ1) is 22.6. The van der Waals surface area contributed by atoms with Crippen LogP contribution >= 0.6 is 0 Å². The molecule has 2 amide bonds. The minimum absolute atomic E-state index is 0.00652. The Morgan fingerprint density at radius 3 is 2.38 bits per heavy atom. The first-order valence-corrected chi connectivity index (χ1v) is 12.1. The maximum Gasteiger partial charge on any atom is 0.256 e. The number of piperidine rings is 1. The predicted molar refractivity (Wildman–Crippen MR) is 134 cm³/mol. The third kappa shape index (κ3) is 4.98. The van der Waals surface area contributed by atoms with Crippen molar-refractivity contribution in [2.24, 2.45) is 5.92 Å². The number of hydrogen-bond acceptors (Lipinski definition) is 4. The quantitative estimate of drug-likeness (QED) is 0.625. The van der Waals surface area contributed by atoms with Gasteiger partial charge < -0.3 is 15.0 Å². The summed E-state index contributed by atoms with van der Waals surface area (Å²) in [6, 6.07) is 22.3. The summed E-state index contributed by atoms with van der Waals surface area (Å²) in [5, 5.41) is 5.61. The number of rotatable bonds is 5. The van der Waals surface area contributed by atoms with E-state index in [1.54, 1.807) is 11.0 Å². The summed E-state index contributed by atoms with van der Waals surface area (Å²) in [5.74, 6) is -0.0912. The zero-order chi connectivity index (χ0) is 23.3. The lowest BCUT2D eigenvalue weighted by Crippen LogP contribution is -2.41. The highest BCUT2D eigenvalue weighted by Gasteiger charge is 2.27. The Labute approximate surface area is 200 Å². The van der Waals surface area contributed by atoms with Crippen LogP contribution in [-0.4, -0.2) is 61.0 Å². The van der Waals surface area contributed by atoms with Crippen molar-refractivity contribution in [3.05, 3.63) is 77.9 Å². The minimum Gasteiger partial charge on any atom is -0.378 e.